The van der Waals surface area contributed by atoms with Gasteiger partial charge >= 0.3 is 0 Å². The highest BCUT2D eigenvalue weighted by atomic mass is 16.5. The molecule has 0 radical (unpaired) electrons. The van der Waals surface area contributed by atoms with Crippen LogP contribution in [0.5, 0.6) is 11.5 Å². The van der Waals surface area contributed by atoms with Gasteiger partial charge in [0, 0.05) is 29.7 Å². The van der Waals surface area contributed by atoms with Crippen LogP contribution in [-0.4, -0.2) is 28.6 Å². The molecule has 0 atom stereocenters. The third-order valence-corrected chi connectivity index (χ3v) is 4.61. The first-order valence-electron chi connectivity index (χ1n) is 10.1. The van der Waals surface area contributed by atoms with Crippen LogP contribution >= 0.6 is 0 Å². The van der Waals surface area contributed by atoms with E-state index in [0.717, 1.165) is 17.0 Å². The van der Waals surface area contributed by atoms with Crippen LogP contribution in [0.1, 0.15) is 28.9 Å². The van der Waals surface area contributed by atoms with Crippen molar-refractivity contribution in [2.45, 2.75) is 20.0 Å². The van der Waals surface area contributed by atoms with Gasteiger partial charge < -0.3 is 9.47 Å². The lowest BCUT2D eigenvalue weighted by Crippen LogP contribution is -2.02. The summed E-state index contributed by atoms with van der Waals surface area (Å²) in [6, 6.07) is 14.6. The average Bonchev–Trinajstić information content (AvgIpc) is 2.81. The molecule has 162 valence electrons. The van der Waals surface area contributed by atoms with Crippen LogP contribution in [0.25, 0.3) is 12.2 Å². The van der Waals surface area contributed by atoms with Crippen molar-refractivity contribution >= 4 is 23.7 Å². The van der Waals surface area contributed by atoms with Gasteiger partial charge in [0.15, 0.2) is 11.6 Å². The predicted octanol–water partition coefficient (Wildman–Crippen LogP) is 4.63. The van der Waals surface area contributed by atoms with E-state index in [4.69, 9.17) is 9.47 Å². The Morgan fingerprint density at radius 1 is 0.906 bits per heavy atom. The van der Waals surface area contributed by atoms with Gasteiger partial charge in [0.2, 0.25) is 0 Å². The number of allylic oxidation sites excluding steroid dienone is 2. The number of aromatic nitrogens is 2. The number of pyridine rings is 2. The number of aryl methyl sites for hydroxylation is 1. The third kappa shape index (κ3) is 6.74. The molecule has 0 amide bonds. The Labute approximate surface area is 187 Å². The summed E-state index contributed by atoms with van der Waals surface area (Å²) in [4.78, 5) is 32.7. The van der Waals surface area contributed by atoms with Gasteiger partial charge in [-0.3, -0.25) is 19.6 Å². The number of nitrogens with zero attached hydrogens (tertiary/aromatic N) is 2. The van der Waals surface area contributed by atoms with Crippen molar-refractivity contribution in [2.75, 3.05) is 7.11 Å². The normalized spacial score (nSPS) is 11.1. The van der Waals surface area contributed by atoms with Crippen LogP contribution in [-0.2, 0) is 16.2 Å². The Morgan fingerprint density at radius 2 is 1.66 bits per heavy atom. The van der Waals surface area contributed by atoms with E-state index < -0.39 is 0 Å². The molecule has 0 aliphatic heterocycles. The number of hydrogen-bond acceptors (Lipinski definition) is 6. The predicted molar refractivity (Wildman–Crippen MR) is 123 cm³/mol. The first-order chi connectivity index (χ1) is 15.5. The van der Waals surface area contributed by atoms with E-state index in [1.165, 1.54) is 12.2 Å². The van der Waals surface area contributed by atoms with Crippen molar-refractivity contribution in [3.8, 4) is 11.5 Å². The summed E-state index contributed by atoms with van der Waals surface area (Å²) < 4.78 is 11.2. The standard InChI is InChI=1S/C26H24N2O4/c1-19-20(6-5-15-27-19)8-11-23(29)16-24(30)12-9-21-10-13-25(17-26(21)31-2)32-18-22-7-3-4-14-28-22/h3-15,17H,16,18H2,1-2H3. The lowest BCUT2D eigenvalue weighted by atomic mass is 10.1. The van der Waals surface area contributed by atoms with Gasteiger partial charge in [0.05, 0.1) is 19.2 Å². The molecule has 6 heteroatoms. The number of methoxy groups -OCH3 is 1. The van der Waals surface area contributed by atoms with Gasteiger partial charge in [-0.15, -0.1) is 0 Å². The van der Waals surface area contributed by atoms with E-state index in [9.17, 15) is 9.59 Å². The molecule has 3 rings (SSSR count). The molecular weight excluding hydrogens is 404 g/mol. The van der Waals surface area contributed by atoms with Crippen LogP contribution in [0.2, 0.25) is 0 Å². The smallest absolute Gasteiger partial charge is 0.163 e. The van der Waals surface area contributed by atoms with E-state index >= 15 is 0 Å². The second kappa shape index (κ2) is 11.4. The van der Waals surface area contributed by atoms with E-state index in [2.05, 4.69) is 9.97 Å². The monoisotopic (exact) mass is 428 g/mol. The van der Waals surface area contributed by atoms with Crippen molar-refractivity contribution in [3.05, 3.63) is 95.6 Å². The maximum atomic E-state index is 12.2. The molecule has 0 fully saturated rings. The summed E-state index contributed by atoms with van der Waals surface area (Å²) in [5, 5.41) is 0. The number of carbonyl (C=O) groups excluding carboxylic acids is 2. The largest absolute Gasteiger partial charge is 0.496 e. The maximum Gasteiger partial charge on any atom is 0.163 e. The minimum atomic E-state index is -0.292. The van der Waals surface area contributed by atoms with Gasteiger partial charge in [-0.1, -0.05) is 12.1 Å². The van der Waals surface area contributed by atoms with Crippen molar-refractivity contribution in [3.63, 3.8) is 0 Å². The first-order valence-corrected chi connectivity index (χ1v) is 10.1. The van der Waals surface area contributed by atoms with Crippen LogP contribution in [0, 0.1) is 6.92 Å². The second-order valence-corrected chi connectivity index (χ2v) is 6.97. The summed E-state index contributed by atoms with van der Waals surface area (Å²) >= 11 is 0. The molecule has 6 nitrogen and oxygen atoms in total. The Kier molecular flexibility index (Phi) is 8.03. The zero-order valence-electron chi connectivity index (χ0n) is 18.0. The van der Waals surface area contributed by atoms with Crippen molar-refractivity contribution < 1.29 is 19.1 Å². The van der Waals surface area contributed by atoms with Crippen molar-refractivity contribution in [2.24, 2.45) is 0 Å². The van der Waals surface area contributed by atoms with Crippen LogP contribution < -0.4 is 9.47 Å². The molecule has 2 heterocycles. The highest BCUT2D eigenvalue weighted by Crippen LogP contribution is 2.26. The van der Waals surface area contributed by atoms with Crippen LogP contribution in [0.3, 0.4) is 0 Å². The maximum absolute atomic E-state index is 12.2. The topological polar surface area (TPSA) is 78.4 Å². The van der Waals surface area contributed by atoms with E-state index in [1.807, 2.05) is 31.2 Å². The molecule has 0 unspecified atom stereocenters. The van der Waals surface area contributed by atoms with Crippen LogP contribution in [0.15, 0.2) is 73.1 Å². The number of carbonyl (C=O) groups is 2. The summed E-state index contributed by atoms with van der Waals surface area (Å²) in [6.07, 6.45) is 9.29. The van der Waals surface area contributed by atoms with E-state index in [-0.39, 0.29) is 18.0 Å². The van der Waals surface area contributed by atoms with Gasteiger partial charge in [0.25, 0.3) is 0 Å². The molecule has 3 aromatic rings. The highest BCUT2D eigenvalue weighted by Gasteiger charge is 2.07. The van der Waals surface area contributed by atoms with Gasteiger partial charge in [0.1, 0.15) is 18.1 Å². The average molecular weight is 428 g/mol. The number of rotatable bonds is 10. The molecule has 0 bridgehead atoms. The quantitative estimate of drug-likeness (QED) is 0.346. The Morgan fingerprint density at radius 3 is 2.34 bits per heavy atom. The molecule has 0 saturated carbocycles. The molecule has 0 spiro atoms. The summed E-state index contributed by atoms with van der Waals surface area (Å²) in [6.45, 7) is 2.20. The fourth-order valence-electron chi connectivity index (χ4n) is 2.89. The second-order valence-electron chi connectivity index (χ2n) is 6.97. The summed E-state index contributed by atoms with van der Waals surface area (Å²) in [5.41, 5.74) is 3.19. The Bertz CT molecular complexity index is 1140. The number of hydrogen-bond donors (Lipinski definition) is 0. The van der Waals surface area contributed by atoms with E-state index in [1.54, 1.807) is 55.9 Å². The van der Waals surface area contributed by atoms with Gasteiger partial charge in [-0.05, 0) is 67.1 Å². The van der Waals surface area contributed by atoms with E-state index in [0.29, 0.717) is 23.7 Å². The fraction of sp³-hybridized carbons (Fsp3) is 0.154. The van der Waals surface area contributed by atoms with Crippen molar-refractivity contribution in [1.82, 2.24) is 9.97 Å². The summed E-state index contributed by atoms with van der Waals surface area (Å²) in [7, 11) is 1.55. The molecule has 1 aromatic carbocycles. The third-order valence-electron chi connectivity index (χ3n) is 4.61. The number of ether oxygens (including phenoxy) is 2. The zero-order valence-corrected chi connectivity index (χ0v) is 18.0. The molecule has 0 aliphatic rings. The number of benzene rings is 1. The molecule has 32 heavy (non-hydrogen) atoms. The Balaban J connectivity index is 1.58. The lowest BCUT2D eigenvalue weighted by molar-refractivity contribution is -0.121. The number of ketones is 2. The lowest BCUT2D eigenvalue weighted by Gasteiger charge is -2.09. The minimum Gasteiger partial charge on any atom is -0.496 e. The SMILES string of the molecule is COc1cc(OCc2ccccn2)ccc1C=CC(=O)CC(=O)C=Cc1cccnc1C. The summed E-state index contributed by atoms with van der Waals surface area (Å²) in [5.74, 6) is 0.626. The van der Waals surface area contributed by atoms with Crippen LogP contribution in [0.4, 0.5) is 0 Å². The highest BCUT2D eigenvalue weighted by molar-refractivity contribution is 6.11. The fourth-order valence-corrected chi connectivity index (χ4v) is 2.89. The zero-order chi connectivity index (χ0) is 22.8. The van der Waals surface area contributed by atoms with Crippen molar-refractivity contribution in [1.29, 1.82) is 0 Å². The Hall–Kier alpha value is -4.06. The molecule has 2 aromatic heterocycles. The molecule has 0 saturated heterocycles. The minimum absolute atomic E-state index is 0.208. The van der Waals surface area contributed by atoms with Gasteiger partial charge in [-0.25, -0.2) is 0 Å². The van der Waals surface area contributed by atoms with Gasteiger partial charge in [-0.2, -0.15) is 0 Å². The molecule has 0 N–H and O–H groups in total. The molecular formula is C26H24N2O4. The first kappa shape index (κ1) is 22.6. The molecule has 0 aliphatic carbocycles.